The van der Waals surface area contributed by atoms with Gasteiger partial charge in [-0.25, -0.2) is 4.57 Å². The summed E-state index contributed by atoms with van der Waals surface area (Å²) >= 11 is 2.83. The molecule has 3 aromatic rings. The minimum absolute atomic E-state index is 0.376. The zero-order chi connectivity index (χ0) is 15.3. The Bertz CT molecular complexity index is 668. The van der Waals surface area contributed by atoms with Crippen molar-refractivity contribution in [3.8, 4) is 10.1 Å². The smallest absolute Gasteiger partial charge is 0.406 e. The van der Waals surface area contributed by atoms with Gasteiger partial charge in [0.25, 0.3) is 0 Å². The summed E-state index contributed by atoms with van der Waals surface area (Å²) in [7, 11) is -3.21. The average Bonchev–Trinajstić information content (AvgIpc) is 3.20. The van der Waals surface area contributed by atoms with E-state index in [4.69, 9.17) is 9.05 Å². The molecule has 0 aromatic carbocycles. The zero-order valence-corrected chi connectivity index (χ0v) is 14.4. The maximum atomic E-state index is 13.0. The van der Waals surface area contributed by atoms with Crippen molar-refractivity contribution in [2.24, 2.45) is 0 Å². The van der Waals surface area contributed by atoms with Crippen LogP contribution < -0.4 is 9.05 Å². The van der Waals surface area contributed by atoms with Gasteiger partial charge < -0.3 is 13.6 Å². The third-order valence-corrected chi connectivity index (χ3v) is 6.51. The quantitative estimate of drug-likeness (QED) is 0.512. The molecule has 4 nitrogen and oxygen atoms in total. The molecule has 0 spiro atoms. The van der Waals surface area contributed by atoms with E-state index in [0.717, 1.165) is 13.0 Å². The number of thiophene rings is 2. The van der Waals surface area contributed by atoms with Crippen LogP contribution in [0.4, 0.5) is 0 Å². The van der Waals surface area contributed by atoms with E-state index in [-0.39, 0.29) is 0 Å². The number of nitrogens with zero attached hydrogens (tertiary/aromatic N) is 1. The van der Waals surface area contributed by atoms with Crippen LogP contribution in [-0.2, 0) is 11.1 Å². The molecule has 0 atom stereocenters. The molecule has 7 heteroatoms. The van der Waals surface area contributed by atoms with E-state index in [0.29, 0.717) is 16.3 Å². The lowest BCUT2D eigenvalue weighted by molar-refractivity contribution is 0.391. The van der Waals surface area contributed by atoms with Gasteiger partial charge in [0.1, 0.15) is 0 Å². The first-order valence-corrected chi connectivity index (χ1v) is 10.4. The molecule has 0 fully saturated rings. The van der Waals surface area contributed by atoms with Crippen LogP contribution in [0.3, 0.4) is 0 Å². The van der Waals surface area contributed by atoms with E-state index in [1.165, 1.54) is 22.7 Å². The van der Waals surface area contributed by atoms with Crippen molar-refractivity contribution in [3.63, 3.8) is 0 Å². The fraction of sp³-hybridized carbons (Fsp3) is 0.200. The molecule has 0 aliphatic rings. The van der Waals surface area contributed by atoms with Gasteiger partial charge in [-0.1, -0.05) is 0 Å². The van der Waals surface area contributed by atoms with E-state index in [1.807, 2.05) is 47.4 Å². The molecule has 0 amide bonds. The summed E-state index contributed by atoms with van der Waals surface area (Å²) in [6, 6.07) is 11.3. The van der Waals surface area contributed by atoms with Crippen LogP contribution in [0.5, 0.6) is 10.1 Å². The minimum Gasteiger partial charge on any atom is -0.406 e. The Morgan fingerprint density at radius 2 is 1.55 bits per heavy atom. The van der Waals surface area contributed by atoms with E-state index in [2.05, 4.69) is 4.57 Å². The van der Waals surface area contributed by atoms with Crippen molar-refractivity contribution in [2.75, 3.05) is 6.16 Å². The molecule has 0 bridgehead atoms. The summed E-state index contributed by atoms with van der Waals surface area (Å²) in [5, 5.41) is 5.04. The standard InChI is InChI=1S/C15H16NO3PS2/c17-20(18-14-6-3-12-21-14,19-15-7-4-13-22-15)11-5-10-16-8-1-2-9-16/h1-4,6-9,12-13H,5,10-11H2. The topological polar surface area (TPSA) is 40.5 Å². The van der Waals surface area contributed by atoms with Crippen molar-refractivity contribution >= 4 is 30.3 Å². The highest BCUT2D eigenvalue weighted by atomic mass is 32.1. The van der Waals surface area contributed by atoms with Gasteiger partial charge >= 0.3 is 7.60 Å². The van der Waals surface area contributed by atoms with Crippen LogP contribution in [0.15, 0.2) is 59.6 Å². The van der Waals surface area contributed by atoms with Crippen molar-refractivity contribution in [1.82, 2.24) is 4.57 Å². The Morgan fingerprint density at radius 3 is 2.05 bits per heavy atom. The lowest BCUT2D eigenvalue weighted by Gasteiger charge is -2.18. The maximum Gasteiger partial charge on any atom is 0.432 e. The van der Waals surface area contributed by atoms with Crippen LogP contribution in [0.25, 0.3) is 0 Å². The van der Waals surface area contributed by atoms with Gasteiger partial charge in [-0.05, 0) is 53.6 Å². The number of rotatable bonds is 8. The van der Waals surface area contributed by atoms with Gasteiger partial charge in [-0.2, -0.15) is 0 Å². The highest BCUT2D eigenvalue weighted by Crippen LogP contribution is 2.50. The van der Waals surface area contributed by atoms with Gasteiger partial charge in [0.15, 0.2) is 10.1 Å². The number of aromatic nitrogens is 1. The molecule has 0 aliphatic heterocycles. The molecular formula is C15H16NO3PS2. The van der Waals surface area contributed by atoms with Crippen LogP contribution in [0, 0.1) is 0 Å². The number of aryl methyl sites for hydroxylation is 1. The van der Waals surface area contributed by atoms with Crippen molar-refractivity contribution in [3.05, 3.63) is 59.6 Å². The first-order chi connectivity index (χ1) is 10.7. The number of hydrogen-bond acceptors (Lipinski definition) is 5. The maximum absolute atomic E-state index is 13.0. The molecular weight excluding hydrogens is 337 g/mol. The Labute approximate surface area is 137 Å². The molecule has 22 heavy (non-hydrogen) atoms. The molecule has 0 saturated carbocycles. The van der Waals surface area contributed by atoms with Crippen LogP contribution >= 0.6 is 30.3 Å². The van der Waals surface area contributed by atoms with E-state index in [1.54, 1.807) is 12.1 Å². The first-order valence-electron chi connectivity index (χ1n) is 6.90. The monoisotopic (exact) mass is 353 g/mol. The summed E-state index contributed by atoms with van der Waals surface area (Å²) in [6.07, 6.45) is 5.08. The summed E-state index contributed by atoms with van der Waals surface area (Å²) < 4.78 is 26.5. The summed E-state index contributed by atoms with van der Waals surface area (Å²) in [5.74, 6) is 0. The third-order valence-electron chi connectivity index (χ3n) is 2.96. The molecule has 0 N–H and O–H groups in total. The molecule has 116 valence electrons. The summed E-state index contributed by atoms with van der Waals surface area (Å²) in [4.78, 5) is 0. The molecule has 0 radical (unpaired) electrons. The van der Waals surface area contributed by atoms with Crippen LogP contribution in [-0.4, -0.2) is 10.7 Å². The Kier molecular flexibility index (Phi) is 5.03. The summed E-state index contributed by atoms with van der Waals surface area (Å²) in [6.45, 7) is 0.790. The lowest BCUT2D eigenvalue weighted by atomic mass is 10.5. The molecule has 0 saturated heterocycles. The zero-order valence-electron chi connectivity index (χ0n) is 11.8. The summed E-state index contributed by atoms with van der Waals surface area (Å²) in [5.41, 5.74) is 0. The Morgan fingerprint density at radius 1 is 0.955 bits per heavy atom. The molecule has 3 rings (SSSR count). The van der Waals surface area contributed by atoms with Crippen molar-refractivity contribution in [2.45, 2.75) is 13.0 Å². The number of hydrogen-bond donors (Lipinski definition) is 0. The Balaban J connectivity index is 1.66. The predicted octanol–water partition coefficient (Wildman–Crippen LogP) is 5.35. The highest BCUT2D eigenvalue weighted by molar-refractivity contribution is 7.55. The SMILES string of the molecule is O=P(CCCn1cccc1)(Oc1cccs1)Oc1cccs1. The second kappa shape index (κ2) is 7.18. The largest absolute Gasteiger partial charge is 0.432 e. The van der Waals surface area contributed by atoms with Gasteiger partial charge in [-0.15, -0.1) is 22.7 Å². The third kappa shape index (κ3) is 4.26. The Hall–Kier alpha value is -1.49. The van der Waals surface area contributed by atoms with Crippen LogP contribution in [0.1, 0.15) is 6.42 Å². The highest BCUT2D eigenvalue weighted by Gasteiger charge is 2.28. The van der Waals surface area contributed by atoms with Crippen LogP contribution in [0.2, 0.25) is 0 Å². The lowest BCUT2D eigenvalue weighted by Crippen LogP contribution is -2.06. The second-order valence-corrected chi connectivity index (χ2v) is 8.51. The van der Waals surface area contributed by atoms with E-state index >= 15 is 0 Å². The van der Waals surface area contributed by atoms with Gasteiger partial charge in [0, 0.05) is 18.9 Å². The normalized spacial score (nSPS) is 11.5. The minimum atomic E-state index is -3.21. The molecule has 3 aromatic heterocycles. The average molecular weight is 353 g/mol. The van der Waals surface area contributed by atoms with Gasteiger partial charge in [0.2, 0.25) is 0 Å². The molecule has 0 unspecified atom stereocenters. The van der Waals surface area contributed by atoms with E-state index in [9.17, 15) is 4.57 Å². The van der Waals surface area contributed by atoms with Gasteiger partial charge in [0.05, 0.1) is 6.16 Å². The first kappa shape index (κ1) is 15.4. The fourth-order valence-corrected chi connectivity index (χ4v) is 5.32. The second-order valence-electron chi connectivity index (χ2n) is 4.66. The van der Waals surface area contributed by atoms with Crippen molar-refractivity contribution < 1.29 is 13.6 Å². The fourth-order valence-electron chi connectivity index (χ4n) is 1.98. The van der Waals surface area contributed by atoms with E-state index < -0.39 is 7.60 Å². The molecule has 3 heterocycles. The predicted molar refractivity (Wildman–Crippen MR) is 91.4 cm³/mol. The molecule has 0 aliphatic carbocycles. The van der Waals surface area contributed by atoms with Crippen molar-refractivity contribution in [1.29, 1.82) is 0 Å². The van der Waals surface area contributed by atoms with Gasteiger partial charge in [-0.3, -0.25) is 0 Å².